The van der Waals surface area contributed by atoms with Crippen LogP contribution in [0.3, 0.4) is 0 Å². The summed E-state index contributed by atoms with van der Waals surface area (Å²) in [5.74, 6) is 1.44. The van der Waals surface area contributed by atoms with Gasteiger partial charge in [0.05, 0.1) is 18.1 Å². The van der Waals surface area contributed by atoms with Crippen molar-refractivity contribution in [1.82, 2.24) is 14.8 Å². The Hall–Kier alpha value is -3.32. The third-order valence-electron chi connectivity index (χ3n) is 4.34. The van der Waals surface area contributed by atoms with E-state index < -0.39 is 0 Å². The Morgan fingerprint density at radius 1 is 1.03 bits per heavy atom. The number of anilines is 1. The van der Waals surface area contributed by atoms with Crippen molar-refractivity contribution in [1.29, 1.82) is 0 Å². The van der Waals surface area contributed by atoms with Crippen molar-refractivity contribution in [3.63, 3.8) is 0 Å². The maximum absolute atomic E-state index is 12.6. The predicted octanol–water partition coefficient (Wildman–Crippen LogP) is 4.71. The minimum absolute atomic E-state index is 0.0880. The molecule has 0 bridgehead atoms. The lowest BCUT2D eigenvalue weighted by Crippen LogP contribution is -2.23. The van der Waals surface area contributed by atoms with Crippen LogP contribution in [0.15, 0.2) is 88.6 Å². The third kappa shape index (κ3) is 4.57. The molecule has 6 nitrogen and oxygen atoms in total. The molecule has 0 radical (unpaired) electrons. The molecule has 1 N–H and O–H groups in total. The Kier molecular flexibility index (Phi) is 5.76. The summed E-state index contributed by atoms with van der Waals surface area (Å²) >= 11 is 1.37. The number of para-hydroxylation sites is 1. The predicted molar refractivity (Wildman–Crippen MR) is 114 cm³/mol. The average Bonchev–Trinajstić information content (AvgIpc) is 3.40. The Morgan fingerprint density at radius 2 is 1.76 bits per heavy atom. The van der Waals surface area contributed by atoms with E-state index in [1.165, 1.54) is 11.8 Å². The normalized spacial score (nSPS) is 11.9. The highest BCUT2D eigenvalue weighted by Gasteiger charge is 2.21. The topological polar surface area (TPSA) is 73.0 Å². The highest BCUT2D eigenvalue weighted by atomic mass is 32.2. The molecule has 0 saturated heterocycles. The molecule has 0 fully saturated rings. The van der Waals surface area contributed by atoms with E-state index in [1.54, 1.807) is 6.26 Å². The third-order valence-corrected chi connectivity index (χ3v) is 5.42. The second-order valence-corrected chi connectivity index (χ2v) is 7.76. The Morgan fingerprint density at radius 3 is 2.45 bits per heavy atom. The first kappa shape index (κ1) is 19.0. The summed E-state index contributed by atoms with van der Waals surface area (Å²) in [5.41, 5.74) is 1.73. The fraction of sp³-hybridized carbons (Fsp3) is 0.136. The summed E-state index contributed by atoms with van der Waals surface area (Å²) < 4.78 is 7.50. The van der Waals surface area contributed by atoms with Crippen LogP contribution in [0.1, 0.15) is 12.7 Å². The lowest BCUT2D eigenvalue weighted by molar-refractivity contribution is -0.115. The molecule has 146 valence electrons. The molecule has 2 heterocycles. The summed E-state index contributed by atoms with van der Waals surface area (Å²) in [6.07, 6.45) is 1.64. The fourth-order valence-corrected chi connectivity index (χ4v) is 3.70. The number of furan rings is 1. The molecule has 7 heteroatoms. The van der Waals surface area contributed by atoms with Gasteiger partial charge in [0.1, 0.15) is 5.76 Å². The monoisotopic (exact) mass is 404 g/mol. The molecular weight excluding hydrogens is 384 g/mol. The first-order chi connectivity index (χ1) is 14.2. The van der Waals surface area contributed by atoms with Gasteiger partial charge < -0.3 is 9.73 Å². The van der Waals surface area contributed by atoms with Crippen LogP contribution in [0.5, 0.6) is 0 Å². The van der Waals surface area contributed by atoms with E-state index in [-0.39, 0.29) is 11.2 Å². The highest BCUT2D eigenvalue weighted by molar-refractivity contribution is 8.00. The van der Waals surface area contributed by atoms with Gasteiger partial charge in [-0.3, -0.25) is 9.36 Å². The summed E-state index contributed by atoms with van der Waals surface area (Å²) in [6, 6.07) is 23.0. The Balaban J connectivity index is 1.57. The van der Waals surface area contributed by atoms with E-state index in [4.69, 9.17) is 4.42 Å². The van der Waals surface area contributed by atoms with Gasteiger partial charge >= 0.3 is 0 Å². The molecule has 0 aliphatic rings. The lowest BCUT2D eigenvalue weighted by atomic mass is 10.2. The number of rotatable bonds is 7. The van der Waals surface area contributed by atoms with Crippen molar-refractivity contribution in [3.8, 4) is 11.4 Å². The molecule has 1 amide bonds. The minimum atomic E-state index is -0.349. The highest BCUT2D eigenvalue weighted by Crippen LogP contribution is 2.28. The average molecular weight is 404 g/mol. The number of benzene rings is 2. The Labute approximate surface area is 173 Å². The van der Waals surface area contributed by atoms with Gasteiger partial charge in [-0.15, -0.1) is 10.2 Å². The van der Waals surface area contributed by atoms with Gasteiger partial charge in [0.25, 0.3) is 0 Å². The number of thioether (sulfide) groups is 1. The summed E-state index contributed by atoms with van der Waals surface area (Å²) in [4.78, 5) is 12.6. The van der Waals surface area contributed by atoms with Crippen LogP contribution in [-0.2, 0) is 11.3 Å². The van der Waals surface area contributed by atoms with Crippen molar-refractivity contribution in [2.75, 3.05) is 5.32 Å². The molecule has 0 aliphatic carbocycles. The minimum Gasteiger partial charge on any atom is -0.467 e. The van der Waals surface area contributed by atoms with Crippen molar-refractivity contribution in [2.45, 2.75) is 23.9 Å². The largest absolute Gasteiger partial charge is 0.467 e. The van der Waals surface area contributed by atoms with Crippen LogP contribution in [0, 0.1) is 0 Å². The summed E-state index contributed by atoms with van der Waals surface area (Å²) in [7, 11) is 0. The van der Waals surface area contributed by atoms with E-state index in [9.17, 15) is 4.79 Å². The van der Waals surface area contributed by atoms with Crippen molar-refractivity contribution < 1.29 is 9.21 Å². The zero-order valence-electron chi connectivity index (χ0n) is 15.9. The van der Waals surface area contributed by atoms with E-state index in [2.05, 4.69) is 15.5 Å². The molecule has 1 atom stereocenters. The van der Waals surface area contributed by atoms with Crippen LogP contribution in [-0.4, -0.2) is 25.9 Å². The van der Waals surface area contributed by atoms with Gasteiger partial charge in [-0.1, -0.05) is 60.3 Å². The second kappa shape index (κ2) is 8.79. The van der Waals surface area contributed by atoms with Gasteiger partial charge in [0.15, 0.2) is 11.0 Å². The smallest absolute Gasteiger partial charge is 0.237 e. The molecule has 2 aromatic heterocycles. The molecule has 0 aliphatic heterocycles. The zero-order chi connectivity index (χ0) is 20.1. The number of hydrogen-bond acceptors (Lipinski definition) is 5. The number of hydrogen-bond donors (Lipinski definition) is 1. The van der Waals surface area contributed by atoms with Gasteiger partial charge in [-0.25, -0.2) is 0 Å². The van der Waals surface area contributed by atoms with Crippen LogP contribution in [0.2, 0.25) is 0 Å². The SMILES string of the molecule is C[C@@H](Sc1nnc(-c2ccccc2)n1Cc1ccco1)C(=O)Nc1ccccc1. The Bertz CT molecular complexity index is 1060. The number of amides is 1. The zero-order valence-corrected chi connectivity index (χ0v) is 16.7. The number of carbonyl (C=O) groups excluding carboxylic acids is 1. The maximum Gasteiger partial charge on any atom is 0.237 e. The number of aromatic nitrogens is 3. The quantitative estimate of drug-likeness (QED) is 0.452. The first-order valence-corrected chi connectivity index (χ1v) is 10.1. The molecule has 2 aromatic carbocycles. The first-order valence-electron chi connectivity index (χ1n) is 9.24. The van der Waals surface area contributed by atoms with E-state index in [0.717, 1.165) is 22.8 Å². The van der Waals surface area contributed by atoms with Crippen molar-refractivity contribution >= 4 is 23.4 Å². The van der Waals surface area contributed by atoms with E-state index >= 15 is 0 Å². The standard InChI is InChI=1S/C22H20N4O2S/c1-16(21(27)23-18-11-6-3-7-12-18)29-22-25-24-20(17-9-4-2-5-10-17)26(22)15-19-13-8-14-28-19/h2-14,16H,15H2,1H3,(H,23,27)/t16-/m1/s1. The van der Waals surface area contributed by atoms with Crippen molar-refractivity contribution in [3.05, 3.63) is 84.8 Å². The molecular formula is C22H20N4O2S. The van der Waals surface area contributed by atoms with E-state index in [1.807, 2.05) is 84.3 Å². The molecule has 4 rings (SSSR count). The maximum atomic E-state index is 12.6. The molecule has 29 heavy (non-hydrogen) atoms. The molecule has 0 unspecified atom stereocenters. The second-order valence-electron chi connectivity index (χ2n) is 6.45. The van der Waals surface area contributed by atoms with Gasteiger partial charge in [0, 0.05) is 11.3 Å². The van der Waals surface area contributed by atoms with Crippen LogP contribution >= 0.6 is 11.8 Å². The van der Waals surface area contributed by atoms with Crippen molar-refractivity contribution in [2.24, 2.45) is 0 Å². The summed E-state index contributed by atoms with van der Waals surface area (Å²) in [6.45, 7) is 2.34. The molecule has 0 spiro atoms. The van der Waals surface area contributed by atoms with Crippen LogP contribution in [0.4, 0.5) is 5.69 Å². The van der Waals surface area contributed by atoms with Crippen LogP contribution < -0.4 is 5.32 Å². The fourth-order valence-electron chi connectivity index (χ4n) is 2.85. The van der Waals surface area contributed by atoms with Gasteiger partial charge in [-0.2, -0.15) is 0 Å². The number of nitrogens with one attached hydrogen (secondary N) is 1. The number of carbonyl (C=O) groups is 1. The number of nitrogens with zero attached hydrogens (tertiary/aromatic N) is 3. The van der Waals surface area contributed by atoms with Crippen LogP contribution in [0.25, 0.3) is 11.4 Å². The molecule has 0 saturated carbocycles. The summed E-state index contributed by atoms with van der Waals surface area (Å²) in [5, 5.41) is 12.0. The van der Waals surface area contributed by atoms with Gasteiger partial charge in [-0.05, 0) is 31.2 Å². The van der Waals surface area contributed by atoms with Gasteiger partial charge in [0.2, 0.25) is 5.91 Å². The molecule has 4 aromatic rings. The lowest BCUT2D eigenvalue weighted by Gasteiger charge is -2.13. The van der Waals surface area contributed by atoms with E-state index in [0.29, 0.717) is 11.7 Å².